The lowest BCUT2D eigenvalue weighted by molar-refractivity contribution is 0.171. The number of pyridine rings is 3. The third kappa shape index (κ3) is 3.45. The van der Waals surface area contributed by atoms with Crippen molar-refractivity contribution < 1.29 is 13.9 Å². The second-order valence-electron chi connectivity index (χ2n) is 7.91. The summed E-state index contributed by atoms with van der Waals surface area (Å²) in [6.45, 7) is 1.70. The Labute approximate surface area is 187 Å². The fourth-order valence-corrected chi connectivity index (χ4v) is 4.11. The van der Waals surface area contributed by atoms with Gasteiger partial charge >= 0.3 is 0 Å². The molecule has 0 saturated carbocycles. The molecule has 6 rings (SSSR count). The van der Waals surface area contributed by atoms with Crippen molar-refractivity contribution in [3.05, 3.63) is 99.2 Å². The van der Waals surface area contributed by atoms with Gasteiger partial charge in [0.05, 0.1) is 41.2 Å². The molecular weight excluding hydrogens is 422 g/mol. The van der Waals surface area contributed by atoms with Gasteiger partial charge in [-0.15, -0.1) is 0 Å². The molecule has 0 atom stereocenters. The summed E-state index contributed by atoms with van der Waals surface area (Å²) in [4.78, 5) is 30.9. The molecule has 33 heavy (non-hydrogen) atoms. The lowest BCUT2D eigenvalue weighted by Gasteiger charge is -2.19. The van der Waals surface area contributed by atoms with Gasteiger partial charge in [-0.3, -0.25) is 9.59 Å². The zero-order valence-corrected chi connectivity index (χ0v) is 17.6. The first-order valence-corrected chi connectivity index (χ1v) is 10.6. The van der Waals surface area contributed by atoms with Crippen molar-refractivity contribution in [3.8, 4) is 11.5 Å². The fraction of sp³-hybridized carbons (Fsp3) is 0.160. The third-order valence-corrected chi connectivity index (χ3v) is 5.75. The number of fused-ring (bicyclic) bond motifs is 3. The molecule has 8 nitrogen and oxygen atoms in total. The summed E-state index contributed by atoms with van der Waals surface area (Å²) in [5.74, 6) is 2.06. The minimum Gasteiger partial charge on any atom is -0.486 e. The summed E-state index contributed by atoms with van der Waals surface area (Å²) in [5, 5.41) is 0.793. The zero-order chi connectivity index (χ0) is 22.4. The van der Waals surface area contributed by atoms with Gasteiger partial charge < -0.3 is 23.0 Å². The van der Waals surface area contributed by atoms with Gasteiger partial charge in [-0.2, -0.15) is 0 Å². The lowest BCUT2D eigenvalue weighted by Crippen LogP contribution is -2.23. The number of rotatable bonds is 4. The van der Waals surface area contributed by atoms with Crippen LogP contribution in [0.5, 0.6) is 11.5 Å². The van der Waals surface area contributed by atoms with E-state index in [0.717, 1.165) is 5.56 Å². The van der Waals surface area contributed by atoms with Gasteiger partial charge in [-0.05, 0) is 48.0 Å². The molecule has 0 unspecified atom stereocenters. The molecule has 1 aliphatic rings. The van der Waals surface area contributed by atoms with Crippen molar-refractivity contribution in [2.45, 2.75) is 13.1 Å². The number of aromatic nitrogens is 3. The van der Waals surface area contributed by atoms with Gasteiger partial charge in [-0.1, -0.05) is 6.07 Å². The molecule has 0 amide bonds. The van der Waals surface area contributed by atoms with Crippen LogP contribution in [-0.2, 0) is 13.1 Å². The molecule has 0 bridgehead atoms. The Bertz CT molecular complexity index is 1620. The Morgan fingerprint density at radius 3 is 2.18 bits per heavy atom. The summed E-state index contributed by atoms with van der Waals surface area (Å²) in [7, 11) is 0. The van der Waals surface area contributed by atoms with Crippen molar-refractivity contribution in [1.29, 1.82) is 0 Å². The summed E-state index contributed by atoms with van der Waals surface area (Å²) < 4.78 is 19.7. The molecule has 0 N–H and O–H groups in total. The van der Waals surface area contributed by atoms with E-state index >= 15 is 0 Å². The molecule has 8 heteroatoms. The summed E-state index contributed by atoms with van der Waals surface area (Å²) in [6, 6.07) is 14.5. The average Bonchev–Trinajstić information content (AvgIpc) is 3.35. The number of benzene rings is 1. The van der Waals surface area contributed by atoms with E-state index in [4.69, 9.17) is 13.9 Å². The predicted molar refractivity (Wildman–Crippen MR) is 122 cm³/mol. The normalized spacial score (nSPS) is 13.0. The van der Waals surface area contributed by atoms with Gasteiger partial charge in [0.1, 0.15) is 19.0 Å². The zero-order valence-electron chi connectivity index (χ0n) is 17.6. The Morgan fingerprint density at radius 2 is 1.48 bits per heavy atom. The van der Waals surface area contributed by atoms with E-state index in [1.54, 1.807) is 52.1 Å². The molecule has 1 aromatic carbocycles. The number of hydrogen-bond donors (Lipinski definition) is 0. The third-order valence-electron chi connectivity index (χ3n) is 5.75. The van der Waals surface area contributed by atoms with E-state index in [2.05, 4.69) is 4.98 Å². The largest absolute Gasteiger partial charge is 0.486 e. The van der Waals surface area contributed by atoms with E-state index in [1.165, 1.54) is 0 Å². The summed E-state index contributed by atoms with van der Waals surface area (Å²) in [5.41, 5.74) is 1.58. The second-order valence-corrected chi connectivity index (χ2v) is 7.91. The van der Waals surface area contributed by atoms with Crippen molar-refractivity contribution in [2.75, 3.05) is 13.2 Å². The minimum atomic E-state index is -0.222. The summed E-state index contributed by atoms with van der Waals surface area (Å²) >= 11 is 0. The molecule has 0 fully saturated rings. The molecule has 5 aromatic rings. The highest BCUT2D eigenvalue weighted by atomic mass is 16.6. The van der Waals surface area contributed by atoms with E-state index < -0.39 is 0 Å². The van der Waals surface area contributed by atoms with Gasteiger partial charge in [0.15, 0.2) is 11.5 Å². The minimum absolute atomic E-state index is 0.211. The monoisotopic (exact) mass is 441 g/mol. The van der Waals surface area contributed by atoms with Crippen LogP contribution in [0.1, 0.15) is 11.3 Å². The quantitative estimate of drug-likeness (QED) is 0.398. The Balaban J connectivity index is 1.41. The predicted octanol–water partition coefficient (Wildman–Crippen LogP) is 3.17. The van der Waals surface area contributed by atoms with Crippen molar-refractivity contribution >= 4 is 21.8 Å². The van der Waals surface area contributed by atoms with E-state index in [0.29, 0.717) is 65.4 Å². The van der Waals surface area contributed by atoms with Crippen LogP contribution in [0.4, 0.5) is 0 Å². The van der Waals surface area contributed by atoms with Gasteiger partial charge in [0.25, 0.3) is 11.1 Å². The maximum absolute atomic E-state index is 13.3. The molecule has 5 heterocycles. The number of hydrogen-bond acceptors (Lipinski definition) is 6. The van der Waals surface area contributed by atoms with E-state index in [9.17, 15) is 9.59 Å². The SMILES string of the molecule is O=c1c2cc3c(=O)n(Cc4ccco4)ccc3nc2ccn1Cc1ccc2c(c1)OCCO2. The first kappa shape index (κ1) is 19.4. The smallest absolute Gasteiger partial charge is 0.260 e. The maximum atomic E-state index is 13.3. The number of furan rings is 1. The van der Waals surface area contributed by atoms with Crippen LogP contribution in [0, 0.1) is 0 Å². The average molecular weight is 441 g/mol. The topological polar surface area (TPSA) is 88.5 Å². The van der Waals surface area contributed by atoms with Gasteiger partial charge in [0.2, 0.25) is 0 Å². The van der Waals surface area contributed by atoms with E-state index in [-0.39, 0.29) is 11.1 Å². The second kappa shape index (κ2) is 7.67. The number of ether oxygens (including phenoxy) is 2. The van der Waals surface area contributed by atoms with Crippen LogP contribution in [-0.4, -0.2) is 27.3 Å². The van der Waals surface area contributed by atoms with Crippen LogP contribution < -0.4 is 20.6 Å². The maximum Gasteiger partial charge on any atom is 0.260 e. The Kier molecular flexibility index (Phi) is 4.50. The highest BCUT2D eigenvalue weighted by Gasteiger charge is 2.14. The number of nitrogens with zero attached hydrogens (tertiary/aromatic N) is 3. The van der Waals surface area contributed by atoms with Gasteiger partial charge in [0, 0.05) is 12.4 Å². The molecule has 0 saturated heterocycles. The highest BCUT2D eigenvalue weighted by molar-refractivity contribution is 5.91. The van der Waals surface area contributed by atoms with Crippen LogP contribution >= 0.6 is 0 Å². The van der Waals surface area contributed by atoms with Crippen molar-refractivity contribution in [3.63, 3.8) is 0 Å². The molecule has 0 spiro atoms. The Hall–Kier alpha value is -4.33. The van der Waals surface area contributed by atoms with Crippen LogP contribution in [0.2, 0.25) is 0 Å². The first-order valence-electron chi connectivity index (χ1n) is 10.6. The molecule has 164 valence electrons. The molecule has 0 aliphatic carbocycles. The van der Waals surface area contributed by atoms with Crippen LogP contribution in [0.25, 0.3) is 21.8 Å². The summed E-state index contributed by atoms with van der Waals surface area (Å²) in [6.07, 6.45) is 4.98. The van der Waals surface area contributed by atoms with Crippen LogP contribution in [0.15, 0.2) is 81.2 Å². The molecular formula is C25H19N3O5. The van der Waals surface area contributed by atoms with Gasteiger partial charge in [-0.25, -0.2) is 4.98 Å². The van der Waals surface area contributed by atoms with Crippen LogP contribution in [0.3, 0.4) is 0 Å². The highest BCUT2D eigenvalue weighted by Crippen LogP contribution is 2.31. The lowest BCUT2D eigenvalue weighted by atomic mass is 10.1. The fourth-order valence-electron chi connectivity index (χ4n) is 4.11. The van der Waals surface area contributed by atoms with Crippen molar-refractivity contribution in [2.24, 2.45) is 0 Å². The standard InChI is InChI=1S/C25H19N3O5/c29-24-18-13-19-21(6-8-28(25(19)30)15-17-2-1-9-31-17)26-20(18)5-7-27(24)14-16-3-4-22-23(12-16)33-11-10-32-22/h1-9,12-13H,10-11,14-15H2. The molecule has 4 aromatic heterocycles. The molecule has 1 aliphatic heterocycles. The van der Waals surface area contributed by atoms with E-state index in [1.807, 2.05) is 24.3 Å². The van der Waals surface area contributed by atoms with Crippen molar-refractivity contribution in [1.82, 2.24) is 14.1 Å². The first-order chi connectivity index (χ1) is 16.2. The Morgan fingerprint density at radius 1 is 0.788 bits per heavy atom. The molecule has 0 radical (unpaired) electrons.